The van der Waals surface area contributed by atoms with Gasteiger partial charge in [0.15, 0.2) is 5.82 Å². The summed E-state index contributed by atoms with van der Waals surface area (Å²) in [7, 11) is -3.81. The van der Waals surface area contributed by atoms with Gasteiger partial charge in [-0.1, -0.05) is 37.0 Å². The molecule has 2 aromatic rings. The maximum absolute atomic E-state index is 12.3. The van der Waals surface area contributed by atoms with Gasteiger partial charge in [-0.2, -0.15) is 0 Å². The maximum Gasteiger partial charge on any atom is 0.263 e. The van der Waals surface area contributed by atoms with Gasteiger partial charge in [-0.15, -0.1) is 10.2 Å². The number of hydrogen-bond acceptors (Lipinski definition) is 5. The predicted octanol–water partition coefficient (Wildman–Crippen LogP) is 4.04. The van der Waals surface area contributed by atoms with Crippen molar-refractivity contribution in [3.63, 3.8) is 0 Å². The Morgan fingerprint density at radius 3 is 2.29 bits per heavy atom. The Balaban J connectivity index is 2.05. The first-order valence-corrected chi connectivity index (χ1v) is 9.57. The molecule has 2 N–H and O–H groups in total. The summed E-state index contributed by atoms with van der Waals surface area (Å²) in [6.07, 6.45) is 1.01. The highest BCUT2D eigenvalue weighted by atomic mass is 35.5. The van der Waals surface area contributed by atoms with Crippen LogP contribution < -0.4 is 10.0 Å². The molecule has 24 heavy (non-hydrogen) atoms. The molecular weight excluding hydrogens is 371 g/mol. The van der Waals surface area contributed by atoms with E-state index >= 15 is 0 Å². The smallest absolute Gasteiger partial charge is 0.263 e. The molecule has 0 unspecified atom stereocenters. The van der Waals surface area contributed by atoms with Gasteiger partial charge in [-0.05, 0) is 42.7 Å². The zero-order chi connectivity index (χ0) is 17.7. The van der Waals surface area contributed by atoms with E-state index in [1.165, 1.54) is 18.2 Å². The van der Waals surface area contributed by atoms with Crippen molar-refractivity contribution in [1.29, 1.82) is 0 Å². The van der Waals surface area contributed by atoms with Crippen molar-refractivity contribution in [2.45, 2.75) is 25.2 Å². The van der Waals surface area contributed by atoms with Crippen molar-refractivity contribution < 1.29 is 8.42 Å². The number of hydrogen-bond donors (Lipinski definition) is 2. The number of aromatic nitrogens is 2. The second kappa shape index (κ2) is 8.00. The van der Waals surface area contributed by atoms with Crippen LogP contribution >= 0.6 is 23.2 Å². The van der Waals surface area contributed by atoms with Crippen LogP contribution in [0.4, 0.5) is 11.6 Å². The summed E-state index contributed by atoms with van der Waals surface area (Å²) < 4.78 is 27.0. The molecule has 0 spiro atoms. The van der Waals surface area contributed by atoms with Crippen LogP contribution in [-0.2, 0) is 10.0 Å². The lowest BCUT2D eigenvalue weighted by Gasteiger charge is -2.09. The lowest BCUT2D eigenvalue weighted by molar-refractivity contribution is 0.600. The van der Waals surface area contributed by atoms with Crippen molar-refractivity contribution in [2.24, 2.45) is 5.92 Å². The molecule has 0 aliphatic carbocycles. The van der Waals surface area contributed by atoms with Crippen molar-refractivity contribution in [1.82, 2.24) is 10.2 Å². The number of rotatable bonds is 7. The van der Waals surface area contributed by atoms with E-state index in [9.17, 15) is 8.42 Å². The number of nitrogens with zero attached hydrogens (tertiary/aromatic N) is 2. The monoisotopic (exact) mass is 388 g/mol. The third-order valence-corrected chi connectivity index (χ3v) is 5.22. The average Bonchev–Trinajstić information content (AvgIpc) is 2.51. The maximum atomic E-state index is 12.3. The van der Waals surface area contributed by atoms with Gasteiger partial charge in [0.25, 0.3) is 10.0 Å². The summed E-state index contributed by atoms with van der Waals surface area (Å²) in [5.74, 6) is 1.30. The normalized spacial score (nSPS) is 11.5. The third kappa shape index (κ3) is 5.22. The molecule has 1 aromatic heterocycles. The molecule has 0 fully saturated rings. The quantitative estimate of drug-likeness (QED) is 0.747. The average molecular weight is 389 g/mol. The van der Waals surface area contributed by atoms with Crippen molar-refractivity contribution in [3.8, 4) is 0 Å². The van der Waals surface area contributed by atoms with Gasteiger partial charge >= 0.3 is 0 Å². The van der Waals surface area contributed by atoms with Crippen molar-refractivity contribution >= 4 is 44.9 Å². The largest absolute Gasteiger partial charge is 0.369 e. The number of halogens is 2. The molecule has 130 valence electrons. The third-order valence-electron chi connectivity index (χ3n) is 3.13. The molecular formula is C15H18Cl2N4O2S. The van der Waals surface area contributed by atoms with Crippen LogP contribution in [0.1, 0.15) is 20.3 Å². The molecule has 0 saturated carbocycles. The van der Waals surface area contributed by atoms with Gasteiger partial charge in [0.2, 0.25) is 0 Å². The molecule has 0 aliphatic rings. The second-order valence-electron chi connectivity index (χ2n) is 5.59. The molecule has 0 atom stereocenters. The van der Waals surface area contributed by atoms with E-state index in [2.05, 4.69) is 34.1 Å². The van der Waals surface area contributed by atoms with Crippen LogP contribution in [-0.4, -0.2) is 25.2 Å². The molecule has 6 nitrogen and oxygen atoms in total. The standard InChI is InChI=1S/C15H18Cl2N4O2S/c1-10(2)7-8-18-14-5-6-15(20-19-14)21-24(22,23)11-3-4-12(16)13(17)9-11/h3-6,9-10H,7-8H2,1-2H3,(H,18,19)(H,20,21). The fourth-order valence-electron chi connectivity index (χ4n) is 1.81. The first-order valence-electron chi connectivity index (χ1n) is 7.33. The van der Waals surface area contributed by atoms with Gasteiger partial charge in [0, 0.05) is 6.54 Å². The van der Waals surface area contributed by atoms with Gasteiger partial charge < -0.3 is 5.32 Å². The van der Waals surface area contributed by atoms with Gasteiger partial charge in [0.05, 0.1) is 14.9 Å². The summed E-state index contributed by atoms with van der Waals surface area (Å²) in [6, 6.07) is 7.28. The molecule has 0 radical (unpaired) electrons. The summed E-state index contributed by atoms with van der Waals surface area (Å²) in [5.41, 5.74) is 0. The highest BCUT2D eigenvalue weighted by Crippen LogP contribution is 2.25. The minimum absolute atomic E-state index is 0.00200. The lowest BCUT2D eigenvalue weighted by Crippen LogP contribution is -2.15. The molecule has 1 aromatic carbocycles. The zero-order valence-electron chi connectivity index (χ0n) is 13.3. The van der Waals surface area contributed by atoms with Gasteiger partial charge in [0.1, 0.15) is 5.82 Å². The van der Waals surface area contributed by atoms with E-state index in [-0.39, 0.29) is 20.8 Å². The highest BCUT2D eigenvalue weighted by molar-refractivity contribution is 7.92. The van der Waals surface area contributed by atoms with E-state index in [1.807, 2.05) is 0 Å². The number of anilines is 2. The first kappa shape index (κ1) is 18.8. The Morgan fingerprint density at radius 1 is 1.04 bits per heavy atom. The van der Waals surface area contributed by atoms with Gasteiger partial charge in [-0.3, -0.25) is 4.72 Å². The molecule has 0 amide bonds. The summed E-state index contributed by atoms with van der Waals surface area (Å²) in [6.45, 7) is 5.04. The Morgan fingerprint density at radius 2 is 1.71 bits per heavy atom. The van der Waals surface area contributed by atoms with Crippen LogP contribution in [0.25, 0.3) is 0 Å². The zero-order valence-corrected chi connectivity index (χ0v) is 15.6. The van der Waals surface area contributed by atoms with Crippen LogP contribution in [0.15, 0.2) is 35.2 Å². The number of nitrogens with one attached hydrogen (secondary N) is 2. The van der Waals surface area contributed by atoms with Crippen LogP contribution in [0.2, 0.25) is 10.0 Å². The molecule has 0 aliphatic heterocycles. The van der Waals surface area contributed by atoms with Crippen molar-refractivity contribution in [3.05, 3.63) is 40.4 Å². The Labute approximate surface area is 151 Å². The first-order chi connectivity index (χ1) is 11.3. The van der Waals surface area contributed by atoms with Crippen LogP contribution in [0.3, 0.4) is 0 Å². The predicted molar refractivity (Wildman–Crippen MR) is 97.2 cm³/mol. The molecule has 2 rings (SSSR count). The minimum Gasteiger partial charge on any atom is -0.369 e. The molecule has 1 heterocycles. The van der Waals surface area contributed by atoms with E-state index in [1.54, 1.807) is 12.1 Å². The minimum atomic E-state index is -3.81. The molecule has 0 saturated heterocycles. The van der Waals surface area contributed by atoms with E-state index in [4.69, 9.17) is 23.2 Å². The fourth-order valence-corrected chi connectivity index (χ4v) is 3.20. The lowest BCUT2D eigenvalue weighted by atomic mass is 10.1. The SMILES string of the molecule is CC(C)CCNc1ccc(NS(=O)(=O)c2ccc(Cl)c(Cl)c2)nn1. The second-order valence-corrected chi connectivity index (χ2v) is 8.09. The Hall–Kier alpha value is -1.57. The van der Waals surface area contributed by atoms with Crippen LogP contribution in [0.5, 0.6) is 0 Å². The van der Waals surface area contributed by atoms with Crippen molar-refractivity contribution in [2.75, 3.05) is 16.6 Å². The Kier molecular flexibility index (Phi) is 6.26. The van der Waals surface area contributed by atoms with Gasteiger partial charge in [-0.25, -0.2) is 8.42 Å². The number of benzene rings is 1. The van der Waals surface area contributed by atoms with E-state index in [0.717, 1.165) is 13.0 Å². The molecule has 0 bridgehead atoms. The van der Waals surface area contributed by atoms with E-state index in [0.29, 0.717) is 11.7 Å². The molecule has 9 heteroatoms. The topological polar surface area (TPSA) is 84.0 Å². The summed E-state index contributed by atoms with van der Waals surface area (Å²) in [4.78, 5) is -0.00200. The van der Waals surface area contributed by atoms with E-state index < -0.39 is 10.0 Å². The fraction of sp³-hybridized carbons (Fsp3) is 0.333. The number of sulfonamides is 1. The summed E-state index contributed by atoms with van der Waals surface area (Å²) >= 11 is 11.6. The Bertz CT molecular complexity index is 796. The van der Waals surface area contributed by atoms with Crippen LogP contribution in [0, 0.1) is 5.92 Å². The highest BCUT2D eigenvalue weighted by Gasteiger charge is 2.16. The summed E-state index contributed by atoms with van der Waals surface area (Å²) in [5, 5.41) is 11.4.